The summed E-state index contributed by atoms with van der Waals surface area (Å²) >= 11 is 1.88. The third-order valence-electron chi connectivity index (χ3n) is 3.16. The number of aliphatic hydroxyl groups excluding tert-OH is 1. The van der Waals surface area contributed by atoms with Gasteiger partial charge in [-0.15, -0.1) is 0 Å². The lowest BCUT2D eigenvalue weighted by Crippen LogP contribution is -2.33. The van der Waals surface area contributed by atoms with E-state index in [0.717, 1.165) is 17.7 Å². The molecule has 3 heteroatoms. The van der Waals surface area contributed by atoms with Gasteiger partial charge in [-0.05, 0) is 37.3 Å². The van der Waals surface area contributed by atoms with Gasteiger partial charge in [0, 0.05) is 24.5 Å². The summed E-state index contributed by atoms with van der Waals surface area (Å²) in [5, 5.41) is 9.48. The zero-order valence-electron chi connectivity index (χ0n) is 11.2. The molecule has 1 aromatic rings. The van der Waals surface area contributed by atoms with Crippen molar-refractivity contribution in [3.63, 3.8) is 0 Å². The molecule has 0 aliphatic heterocycles. The summed E-state index contributed by atoms with van der Waals surface area (Å²) in [6, 6.07) is 8.75. The predicted octanol–water partition coefficient (Wildman–Crippen LogP) is 3.32. The second kappa shape index (κ2) is 6.92. The molecule has 1 rings (SSSR count). The number of rotatable bonds is 6. The molecule has 0 fully saturated rings. The van der Waals surface area contributed by atoms with Gasteiger partial charge in [0.25, 0.3) is 0 Å². The van der Waals surface area contributed by atoms with Gasteiger partial charge in [0.2, 0.25) is 0 Å². The molecule has 1 unspecified atom stereocenters. The Bertz CT molecular complexity index is 323. The molecule has 0 aliphatic carbocycles. The molecule has 1 aromatic carbocycles. The van der Waals surface area contributed by atoms with Crippen molar-refractivity contribution in [2.45, 2.75) is 32.4 Å². The van der Waals surface area contributed by atoms with E-state index in [1.165, 1.54) is 5.69 Å². The second-order valence-corrected chi connectivity index (χ2v) is 5.31. The molecule has 96 valence electrons. The van der Waals surface area contributed by atoms with Gasteiger partial charge in [0.1, 0.15) is 0 Å². The largest absolute Gasteiger partial charge is 0.389 e. The van der Waals surface area contributed by atoms with Crippen LogP contribution in [-0.2, 0) is 0 Å². The average molecular weight is 253 g/mol. The van der Waals surface area contributed by atoms with Crippen LogP contribution in [0.5, 0.6) is 0 Å². The standard InChI is InChI=1S/C14H23NOS/c1-5-13(10-17-4)15(3)14-8-6-12(7-9-14)11(2)16/h6-9,11,13,16H,5,10H2,1-4H3/t11-,13?/m1/s1. The quantitative estimate of drug-likeness (QED) is 0.841. The highest BCUT2D eigenvalue weighted by molar-refractivity contribution is 7.98. The van der Waals surface area contributed by atoms with Crippen molar-refractivity contribution < 1.29 is 5.11 Å². The summed E-state index contributed by atoms with van der Waals surface area (Å²) in [4.78, 5) is 2.32. The molecule has 17 heavy (non-hydrogen) atoms. The number of nitrogens with zero attached hydrogens (tertiary/aromatic N) is 1. The van der Waals surface area contributed by atoms with Crippen molar-refractivity contribution in [2.75, 3.05) is 24.0 Å². The lowest BCUT2D eigenvalue weighted by atomic mass is 10.1. The fraction of sp³-hybridized carbons (Fsp3) is 0.571. The molecule has 2 nitrogen and oxygen atoms in total. The van der Waals surface area contributed by atoms with Gasteiger partial charge in [-0.1, -0.05) is 19.1 Å². The van der Waals surface area contributed by atoms with Crippen LogP contribution in [0.3, 0.4) is 0 Å². The fourth-order valence-electron chi connectivity index (χ4n) is 1.89. The van der Waals surface area contributed by atoms with Crippen LogP contribution >= 0.6 is 11.8 Å². The van der Waals surface area contributed by atoms with Crippen LogP contribution in [-0.4, -0.2) is 30.2 Å². The topological polar surface area (TPSA) is 23.5 Å². The molecular formula is C14H23NOS. The molecule has 0 aliphatic rings. The molecule has 0 amide bonds. The van der Waals surface area contributed by atoms with E-state index in [1.807, 2.05) is 23.9 Å². The van der Waals surface area contributed by atoms with Crippen molar-refractivity contribution in [3.8, 4) is 0 Å². The van der Waals surface area contributed by atoms with Crippen molar-refractivity contribution in [2.24, 2.45) is 0 Å². The lowest BCUT2D eigenvalue weighted by molar-refractivity contribution is 0.199. The van der Waals surface area contributed by atoms with Crippen molar-refractivity contribution >= 4 is 17.4 Å². The Morgan fingerprint density at radius 2 is 1.88 bits per heavy atom. The van der Waals surface area contributed by atoms with E-state index in [2.05, 4.69) is 37.3 Å². The summed E-state index contributed by atoms with van der Waals surface area (Å²) in [5.41, 5.74) is 2.19. The minimum atomic E-state index is -0.387. The Labute approximate surface area is 109 Å². The zero-order valence-corrected chi connectivity index (χ0v) is 12.0. The van der Waals surface area contributed by atoms with Crippen LogP contribution in [0.4, 0.5) is 5.69 Å². The minimum absolute atomic E-state index is 0.387. The van der Waals surface area contributed by atoms with Crippen LogP contribution in [0.1, 0.15) is 31.9 Å². The molecule has 2 atom stereocenters. The third-order valence-corrected chi connectivity index (χ3v) is 3.88. The molecule has 0 aromatic heterocycles. The monoisotopic (exact) mass is 253 g/mol. The van der Waals surface area contributed by atoms with Crippen molar-refractivity contribution in [1.29, 1.82) is 0 Å². The number of aliphatic hydroxyl groups is 1. The van der Waals surface area contributed by atoms with Crippen LogP contribution in [0, 0.1) is 0 Å². The van der Waals surface area contributed by atoms with E-state index >= 15 is 0 Å². The third kappa shape index (κ3) is 3.93. The summed E-state index contributed by atoms with van der Waals surface area (Å²) in [6.45, 7) is 4.02. The Hall–Kier alpha value is -0.670. The average Bonchev–Trinajstić information content (AvgIpc) is 2.35. The molecule has 0 radical (unpaired) electrons. The number of thioether (sulfide) groups is 1. The summed E-state index contributed by atoms with van der Waals surface area (Å²) in [7, 11) is 2.14. The highest BCUT2D eigenvalue weighted by Gasteiger charge is 2.12. The van der Waals surface area contributed by atoms with E-state index < -0.39 is 0 Å². The summed E-state index contributed by atoms with van der Waals surface area (Å²) in [5.74, 6) is 1.14. The van der Waals surface area contributed by atoms with Gasteiger partial charge in [-0.25, -0.2) is 0 Å². The minimum Gasteiger partial charge on any atom is -0.389 e. The highest BCUT2D eigenvalue weighted by Crippen LogP contribution is 2.21. The fourth-order valence-corrected chi connectivity index (χ4v) is 2.74. The first-order chi connectivity index (χ1) is 8.10. The van der Waals surface area contributed by atoms with Crippen LogP contribution in [0.2, 0.25) is 0 Å². The number of hydrogen-bond donors (Lipinski definition) is 1. The van der Waals surface area contributed by atoms with E-state index in [4.69, 9.17) is 0 Å². The first-order valence-electron chi connectivity index (χ1n) is 6.10. The molecular weight excluding hydrogens is 230 g/mol. The van der Waals surface area contributed by atoms with Gasteiger partial charge in [-0.3, -0.25) is 0 Å². The molecule has 0 saturated carbocycles. The Kier molecular flexibility index (Phi) is 5.86. The number of benzene rings is 1. The number of hydrogen-bond acceptors (Lipinski definition) is 3. The summed E-state index contributed by atoms with van der Waals surface area (Å²) in [6.07, 6.45) is 2.91. The maximum atomic E-state index is 9.48. The van der Waals surface area contributed by atoms with Gasteiger partial charge in [0.15, 0.2) is 0 Å². The van der Waals surface area contributed by atoms with Gasteiger partial charge in [-0.2, -0.15) is 11.8 Å². The van der Waals surface area contributed by atoms with E-state index in [0.29, 0.717) is 6.04 Å². The van der Waals surface area contributed by atoms with E-state index in [1.54, 1.807) is 6.92 Å². The van der Waals surface area contributed by atoms with Gasteiger partial charge in [0.05, 0.1) is 6.10 Å². The maximum absolute atomic E-state index is 9.48. The highest BCUT2D eigenvalue weighted by atomic mass is 32.2. The Balaban J connectivity index is 2.77. The van der Waals surface area contributed by atoms with Crippen LogP contribution in [0.25, 0.3) is 0 Å². The Morgan fingerprint density at radius 3 is 2.29 bits per heavy atom. The van der Waals surface area contributed by atoms with Crippen LogP contribution < -0.4 is 4.90 Å². The molecule has 0 heterocycles. The smallest absolute Gasteiger partial charge is 0.0761 e. The Morgan fingerprint density at radius 1 is 1.29 bits per heavy atom. The van der Waals surface area contributed by atoms with Gasteiger partial charge >= 0.3 is 0 Å². The van der Waals surface area contributed by atoms with E-state index in [9.17, 15) is 5.11 Å². The normalized spacial score (nSPS) is 14.4. The first-order valence-corrected chi connectivity index (χ1v) is 7.49. The molecule has 0 saturated heterocycles. The number of anilines is 1. The van der Waals surface area contributed by atoms with Crippen molar-refractivity contribution in [1.82, 2.24) is 0 Å². The van der Waals surface area contributed by atoms with Gasteiger partial charge < -0.3 is 10.0 Å². The van der Waals surface area contributed by atoms with E-state index in [-0.39, 0.29) is 6.10 Å². The SMILES string of the molecule is CCC(CSC)N(C)c1ccc([C@@H](C)O)cc1. The maximum Gasteiger partial charge on any atom is 0.0761 e. The predicted molar refractivity (Wildman–Crippen MR) is 77.9 cm³/mol. The first kappa shape index (κ1) is 14.4. The second-order valence-electron chi connectivity index (χ2n) is 4.40. The summed E-state index contributed by atoms with van der Waals surface area (Å²) < 4.78 is 0. The zero-order chi connectivity index (χ0) is 12.8. The molecule has 1 N–H and O–H groups in total. The van der Waals surface area contributed by atoms with Crippen LogP contribution in [0.15, 0.2) is 24.3 Å². The molecule has 0 bridgehead atoms. The lowest BCUT2D eigenvalue weighted by Gasteiger charge is -2.29. The van der Waals surface area contributed by atoms with Crippen molar-refractivity contribution in [3.05, 3.63) is 29.8 Å². The molecule has 0 spiro atoms.